The predicted octanol–water partition coefficient (Wildman–Crippen LogP) is 1.28. The largest absolute Gasteiger partial charge is 0.397 e. The summed E-state index contributed by atoms with van der Waals surface area (Å²) in [6.07, 6.45) is 3.07. The van der Waals surface area contributed by atoms with Crippen LogP contribution in [0.4, 0.5) is 5.69 Å². The maximum atomic E-state index is 10.9. The van der Waals surface area contributed by atoms with Crippen LogP contribution in [0.1, 0.15) is 12.8 Å². The lowest BCUT2D eigenvalue weighted by molar-refractivity contribution is -0.120. The first kappa shape index (κ1) is 11.8. The van der Waals surface area contributed by atoms with E-state index in [-0.39, 0.29) is 5.91 Å². The number of nitrogens with two attached hydrogens (primary N) is 1. The third-order valence-electron chi connectivity index (χ3n) is 1.84. The van der Waals surface area contributed by atoms with Crippen LogP contribution in [-0.2, 0) is 4.79 Å². The molecule has 1 rings (SSSR count). The average molecular weight is 225 g/mol. The summed E-state index contributed by atoms with van der Waals surface area (Å²) in [5, 5.41) is 3.54. The van der Waals surface area contributed by atoms with Crippen LogP contribution in [0.15, 0.2) is 23.4 Å². The number of hydrogen-bond donors (Lipinski definition) is 2. The molecule has 0 unspecified atom stereocenters. The molecule has 0 saturated carbocycles. The lowest BCUT2D eigenvalue weighted by Gasteiger charge is -2.01. The van der Waals surface area contributed by atoms with E-state index in [9.17, 15) is 4.79 Å². The minimum Gasteiger partial charge on any atom is -0.397 e. The first-order chi connectivity index (χ1) is 7.22. The van der Waals surface area contributed by atoms with Gasteiger partial charge >= 0.3 is 0 Å². The number of nitrogen functional groups attached to an aromatic ring is 1. The molecule has 0 radical (unpaired) electrons. The fourth-order valence-electron chi connectivity index (χ4n) is 1.01. The molecule has 0 saturated heterocycles. The van der Waals surface area contributed by atoms with Crippen molar-refractivity contribution in [1.29, 1.82) is 0 Å². The van der Waals surface area contributed by atoms with Crippen molar-refractivity contribution in [1.82, 2.24) is 10.3 Å². The summed E-state index contributed by atoms with van der Waals surface area (Å²) >= 11 is 1.63. The lowest BCUT2D eigenvalue weighted by atomic mass is 10.3. The Morgan fingerprint density at radius 1 is 1.60 bits per heavy atom. The van der Waals surface area contributed by atoms with Crippen LogP contribution >= 0.6 is 11.8 Å². The molecule has 15 heavy (non-hydrogen) atoms. The van der Waals surface area contributed by atoms with Crippen LogP contribution in [0.5, 0.6) is 0 Å². The standard InChI is InChI=1S/C10H15N3OS/c1-12-9(14)3-2-6-15-10-5-4-8(11)7-13-10/h4-5,7H,2-3,6,11H2,1H3,(H,12,14). The molecule has 0 atom stereocenters. The Balaban J connectivity index is 2.20. The Hall–Kier alpha value is -1.23. The molecule has 0 aromatic carbocycles. The number of nitrogens with zero attached hydrogens (tertiary/aromatic N) is 1. The SMILES string of the molecule is CNC(=O)CCCSc1ccc(N)cn1. The van der Waals surface area contributed by atoms with E-state index >= 15 is 0 Å². The van der Waals surface area contributed by atoms with E-state index < -0.39 is 0 Å². The Kier molecular flexibility index (Phi) is 4.97. The Morgan fingerprint density at radius 2 is 2.40 bits per heavy atom. The maximum absolute atomic E-state index is 10.9. The van der Waals surface area contributed by atoms with E-state index in [1.807, 2.05) is 12.1 Å². The number of aromatic nitrogens is 1. The van der Waals surface area contributed by atoms with Gasteiger partial charge < -0.3 is 11.1 Å². The first-order valence-corrected chi connectivity index (χ1v) is 5.76. The molecule has 1 aromatic heterocycles. The number of thioether (sulfide) groups is 1. The molecule has 1 aromatic rings. The fraction of sp³-hybridized carbons (Fsp3) is 0.400. The summed E-state index contributed by atoms with van der Waals surface area (Å²) < 4.78 is 0. The molecule has 0 aliphatic carbocycles. The van der Waals surface area contributed by atoms with Crippen molar-refractivity contribution in [2.45, 2.75) is 17.9 Å². The minimum absolute atomic E-state index is 0.0841. The summed E-state index contributed by atoms with van der Waals surface area (Å²) in [6, 6.07) is 3.72. The highest BCUT2D eigenvalue weighted by molar-refractivity contribution is 7.99. The van der Waals surface area contributed by atoms with E-state index in [0.717, 1.165) is 17.2 Å². The van der Waals surface area contributed by atoms with Crippen LogP contribution in [0.2, 0.25) is 0 Å². The molecular weight excluding hydrogens is 210 g/mol. The molecule has 0 spiro atoms. The second-order valence-electron chi connectivity index (χ2n) is 3.05. The molecule has 0 bridgehead atoms. The fourth-order valence-corrected chi connectivity index (χ4v) is 1.80. The molecule has 3 N–H and O–H groups in total. The monoisotopic (exact) mass is 225 g/mol. The van der Waals surface area contributed by atoms with Crippen LogP contribution in [0.25, 0.3) is 0 Å². The number of rotatable bonds is 5. The average Bonchev–Trinajstić information content (AvgIpc) is 2.26. The maximum Gasteiger partial charge on any atom is 0.219 e. The van der Waals surface area contributed by atoms with Gasteiger partial charge in [0.2, 0.25) is 5.91 Å². The van der Waals surface area contributed by atoms with Crippen molar-refractivity contribution in [3.8, 4) is 0 Å². The van der Waals surface area contributed by atoms with Gasteiger partial charge in [-0.3, -0.25) is 4.79 Å². The quantitative estimate of drug-likeness (QED) is 0.585. The number of pyridine rings is 1. The smallest absolute Gasteiger partial charge is 0.219 e. The molecule has 1 amide bonds. The summed E-state index contributed by atoms with van der Waals surface area (Å²) in [6.45, 7) is 0. The van der Waals surface area contributed by atoms with Crippen molar-refractivity contribution in [2.24, 2.45) is 0 Å². The molecule has 4 nitrogen and oxygen atoms in total. The van der Waals surface area contributed by atoms with Gasteiger partial charge in [-0.25, -0.2) is 4.98 Å². The first-order valence-electron chi connectivity index (χ1n) is 4.77. The topological polar surface area (TPSA) is 68.0 Å². The van der Waals surface area contributed by atoms with Crippen LogP contribution < -0.4 is 11.1 Å². The molecule has 5 heteroatoms. The van der Waals surface area contributed by atoms with E-state index in [1.165, 1.54) is 0 Å². The van der Waals surface area contributed by atoms with Gasteiger partial charge in [0, 0.05) is 13.5 Å². The number of nitrogens with one attached hydrogen (secondary N) is 1. The van der Waals surface area contributed by atoms with Crippen LogP contribution in [0, 0.1) is 0 Å². The Labute approximate surface area is 93.7 Å². The van der Waals surface area contributed by atoms with Gasteiger partial charge in [-0.2, -0.15) is 0 Å². The third-order valence-corrected chi connectivity index (χ3v) is 2.87. The van der Waals surface area contributed by atoms with Crippen LogP contribution in [0.3, 0.4) is 0 Å². The summed E-state index contributed by atoms with van der Waals surface area (Å²) in [4.78, 5) is 15.1. The van der Waals surface area contributed by atoms with Gasteiger partial charge in [0.15, 0.2) is 0 Å². The van der Waals surface area contributed by atoms with Gasteiger partial charge in [-0.1, -0.05) is 0 Å². The van der Waals surface area contributed by atoms with Gasteiger partial charge in [0.05, 0.1) is 16.9 Å². The van der Waals surface area contributed by atoms with E-state index in [4.69, 9.17) is 5.73 Å². The summed E-state index contributed by atoms with van der Waals surface area (Å²) in [5.74, 6) is 0.977. The molecule has 82 valence electrons. The van der Waals surface area contributed by atoms with Gasteiger partial charge in [0.25, 0.3) is 0 Å². The summed E-state index contributed by atoms with van der Waals surface area (Å²) in [7, 11) is 1.65. The zero-order valence-electron chi connectivity index (χ0n) is 8.69. The predicted molar refractivity (Wildman–Crippen MR) is 62.7 cm³/mol. The second kappa shape index (κ2) is 6.29. The second-order valence-corrected chi connectivity index (χ2v) is 4.17. The normalized spacial score (nSPS) is 9.93. The highest BCUT2D eigenvalue weighted by atomic mass is 32.2. The van der Waals surface area contributed by atoms with E-state index in [1.54, 1.807) is 25.0 Å². The molecule has 0 aliphatic rings. The number of carbonyl (C=O) groups excluding carboxylic acids is 1. The van der Waals surface area contributed by atoms with E-state index in [2.05, 4.69) is 10.3 Å². The highest BCUT2D eigenvalue weighted by Crippen LogP contribution is 2.17. The molecule has 0 aliphatic heterocycles. The molecule has 1 heterocycles. The van der Waals surface area contributed by atoms with Crippen LogP contribution in [-0.4, -0.2) is 23.7 Å². The van der Waals surface area contributed by atoms with Crippen molar-refractivity contribution in [2.75, 3.05) is 18.5 Å². The number of carbonyl (C=O) groups is 1. The van der Waals surface area contributed by atoms with Gasteiger partial charge in [-0.15, -0.1) is 11.8 Å². The third kappa shape index (κ3) is 4.69. The van der Waals surface area contributed by atoms with Gasteiger partial charge in [0.1, 0.15) is 0 Å². The number of amides is 1. The zero-order chi connectivity index (χ0) is 11.1. The van der Waals surface area contributed by atoms with Gasteiger partial charge in [-0.05, 0) is 24.3 Å². The highest BCUT2D eigenvalue weighted by Gasteiger charge is 1.99. The molecular formula is C10H15N3OS. The van der Waals surface area contributed by atoms with Crippen molar-refractivity contribution in [3.05, 3.63) is 18.3 Å². The number of anilines is 1. The zero-order valence-corrected chi connectivity index (χ0v) is 9.51. The van der Waals surface area contributed by atoms with Crippen molar-refractivity contribution >= 4 is 23.4 Å². The molecule has 0 fully saturated rings. The Bertz CT molecular complexity index is 313. The minimum atomic E-state index is 0.0841. The number of hydrogen-bond acceptors (Lipinski definition) is 4. The Morgan fingerprint density at radius 3 is 3.00 bits per heavy atom. The van der Waals surface area contributed by atoms with E-state index in [0.29, 0.717) is 12.1 Å². The van der Waals surface area contributed by atoms with Crippen molar-refractivity contribution in [3.63, 3.8) is 0 Å². The summed E-state index contributed by atoms with van der Waals surface area (Å²) in [5.41, 5.74) is 6.19. The van der Waals surface area contributed by atoms with Crippen molar-refractivity contribution < 1.29 is 4.79 Å². The lowest BCUT2D eigenvalue weighted by Crippen LogP contribution is -2.17.